The number of hydrogen-bond acceptors (Lipinski definition) is 4. The van der Waals surface area contributed by atoms with E-state index in [9.17, 15) is 5.11 Å². The van der Waals surface area contributed by atoms with Crippen molar-refractivity contribution in [1.82, 2.24) is 14.7 Å². The van der Waals surface area contributed by atoms with Gasteiger partial charge in [0.25, 0.3) is 0 Å². The standard InChI is InChI=1S/C12H22N4O/c1-3-12(17)10-15-4-6-16(7-5-15)11-8-13-14(2)9-11/h8-9,12,17H,3-7,10H2,1-2H3/t12-/m1/s1. The summed E-state index contributed by atoms with van der Waals surface area (Å²) >= 11 is 0. The summed E-state index contributed by atoms with van der Waals surface area (Å²) in [5.41, 5.74) is 1.20. The predicted molar refractivity (Wildman–Crippen MR) is 68.2 cm³/mol. The molecule has 0 radical (unpaired) electrons. The van der Waals surface area contributed by atoms with Crippen molar-refractivity contribution in [2.45, 2.75) is 19.4 Å². The predicted octanol–water partition coefficient (Wildman–Crippen LogP) is 0.313. The molecule has 5 nitrogen and oxygen atoms in total. The van der Waals surface area contributed by atoms with Crippen LogP contribution in [0.15, 0.2) is 12.4 Å². The van der Waals surface area contributed by atoms with Crippen LogP contribution in [0.4, 0.5) is 5.69 Å². The number of aliphatic hydroxyl groups excluding tert-OH is 1. The highest BCUT2D eigenvalue weighted by Crippen LogP contribution is 2.14. The van der Waals surface area contributed by atoms with Crippen LogP contribution in [-0.4, -0.2) is 58.6 Å². The lowest BCUT2D eigenvalue weighted by Crippen LogP contribution is -2.48. The molecule has 1 aromatic rings. The number of rotatable bonds is 4. The Hall–Kier alpha value is -1.07. The van der Waals surface area contributed by atoms with E-state index in [1.165, 1.54) is 5.69 Å². The summed E-state index contributed by atoms with van der Waals surface area (Å²) < 4.78 is 1.84. The second kappa shape index (κ2) is 5.51. The van der Waals surface area contributed by atoms with Gasteiger partial charge in [0.15, 0.2) is 0 Å². The highest BCUT2D eigenvalue weighted by atomic mass is 16.3. The Morgan fingerprint density at radius 2 is 2.06 bits per heavy atom. The molecule has 1 fully saturated rings. The first-order valence-corrected chi connectivity index (χ1v) is 6.33. The van der Waals surface area contributed by atoms with E-state index in [2.05, 4.69) is 21.1 Å². The minimum absolute atomic E-state index is 0.181. The Morgan fingerprint density at radius 3 is 2.59 bits per heavy atom. The van der Waals surface area contributed by atoms with E-state index in [1.807, 2.05) is 24.9 Å². The van der Waals surface area contributed by atoms with Crippen LogP contribution in [0, 0.1) is 0 Å². The zero-order valence-corrected chi connectivity index (χ0v) is 10.7. The third kappa shape index (κ3) is 3.20. The highest BCUT2D eigenvalue weighted by Gasteiger charge is 2.19. The van der Waals surface area contributed by atoms with Gasteiger partial charge in [0.2, 0.25) is 0 Å². The van der Waals surface area contributed by atoms with Gasteiger partial charge in [0, 0.05) is 46.0 Å². The molecule has 1 aliphatic rings. The summed E-state index contributed by atoms with van der Waals surface area (Å²) in [5.74, 6) is 0. The third-order valence-electron chi connectivity index (χ3n) is 3.37. The lowest BCUT2D eigenvalue weighted by atomic mass is 10.2. The average Bonchev–Trinajstić information content (AvgIpc) is 2.77. The molecule has 1 saturated heterocycles. The zero-order valence-electron chi connectivity index (χ0n) is 10.7. The summed E-state index contributed by atoms with van der Waals surface area (Å²) in [6.45, 7) is 6.90. The number of nitrogens with zero attached hydrogens (tertiary/aromatic N) is 4. The number of β-amino-alcohol motifs (C(OH)–C–C–N with tert-alkyl or cyclic N) is 1. The molecule has 5 heteroatoms. The van der Waals surface area contributed by atoms with Crippen LogP contribution < -0.4 is 4.90 Å². The number of hydrogen-bond donors (Lipinski definition) is 1. The van der Waals surface area contributed by atoms with Crippen molar-refractivity contribution >= 4 is 5.69 Å². The molecule has 17 heavy (non-hydrogen) atoms. The lowest BCUT2D eigenvalue weighted by Gasteiger charge is -2.36. The minimum atomic E-state index is -0.181. The molecular formula is C12H22N4O. The molecule has 96 valence electrons. The Bertz CT molecular complexity index is 344. The van der Waals surface area contributed by atoms with E-state index in [0.29, 0.717) is 0 Å². The molecule has 0 aromatic carbocycles. The molecule has 1 atom stereocenters. The van der Waals surface area contributed by atoms with Crippen molar-refractivity contribution in [3.8, 4) is 0 Å². The maximum Gasteiger partial charge on any atom is 0.0753 e. The van der Waals surface area contributed by atoms with Gasteiger partial charge < -0.3 is 10.0 Å². The van der Waals surface area contributed by atoms with Crippen LogP contribution in [-0.2, 0) is 7.05 Å². The molecule has 1 N–H and O–H groups in total. The smallest absolute Gasteiger partial charge is 0.0753 e. The Kier molecular flexibility index (Phi) is 4.02. The van der Waals surface area contributed by atoms with E-state index in [4.69, 9.17) is 0 Å². The molecule has 1 aromatic heterocycles. The maximum atomic E-state index is 9.63. The van der Waals surface area contributed by atoms with Crippen LogP contribution >= 0.6 is 0 Å². The Labute approximate surface area is 103 Å². The quantitative estimate of drug-likeness (QED) is 0.820. The lowest BCUT2D eigenvalue weighted by molar-refractivity contribution is 0.106. The average molecular weight is 238 g/mol. The van der Waals surface area contributed by atoms with Crippen LogP contribution in [0.3, 0.4) is 0 Å². The van der Waals surface area contributed by atoms with Gasteiger partial charge in [-0.2, -0.15) is 5.10 Å². The van der Waals surface area contributed by atoms with Crippen molar-refractivity contribution in [3.63, 3.8) is 0 Å². The minimum Gasteiger partial charge on any atom is -0.392 e. The fourth-order valence-electron chi connectivity index (χ4n) is 2.19. The second-order valence-corrected chi connectivity index (χ2v) is 4.72. The SMILES string of the molecule is CC[C@@H](O)CN1CCN(c2cnn(C)c2)CC1. The molecule has 0 saturated carbocycles. The first-order chi connectivity index (χ1) is 8.19. The number of piperazine rings is 1. The summed E-state index contributed by atoms with van der Waals surface area (Å²) in [7, 11) is 1.94. The first kappa shape index (κ1) is 12.4. The first-order valence-electron chi connectivity index (χ1n) is 6.33. The van der Waals surface area contributed by atoms with Gasteiger partial charge in [-0.3, -0.25) is 9.58 Å². The molecule has 0 unspecified atom stereocenters. The van der Waals surface area contributed by atoms with E-state index in [-0.39, 0.29) is 6.10 Å². The van der Waals surface area contributed by atoms with Crippen LogP contribution in [0.5, 0.6) is 0 Å². The second-order valence-electron chi connectivity index (χ2n) is 4.72. The van der Waals surface area contributed by atoms with Crippen molar-refractivity contribution < 1.29 is 5.11 Å². The van der Waals surface area contributed by atoms with Gasteiger partial charge in [0.1, 0.15) is 0 Å². The topological polar surface area (TPSA) is 44.5 Å². The summed E-state index contributed by atoms with van der Waals surface area (Å²) in [4.78, 5) is 4.68. The van der Waals surface area contributed by atoms with Crippen LogP contribution in [0.1, 0.15) is 13.3 Å². The van der Waals surface area contributed by atoms with Crippen molar-refractivity contribution in [2.24, 2.45) is 7.05 Å². The van der Waals surface area contributed by atoms with E-state index >= 15 is 0 Å². The maximum absolute atomic E-state index is 9.63. The summed E-state index contributed by atoms with van der Waals surface area (Å²) in [6.07, 6.45) is 4.62. The van der Waals surface area contributed by atoms with Crippen molar-refractivity contribution in [3.05, 3.63) is 12.4 Å². The van der Waals surface area contributed by atoms with Gasteiger partial charge in [-0.05, 0) is 6.42 Å². The van der Waals surface area contributed by atoms with E-state index in [0.717, 1.165) is 39.1 Å². The molecule has 1 aliphatic heterocycles. The third-order valence-corrected chi connectivity index (χ3v) is 3.37. The number of aliphatic hydroxyl groups is 1. The zero-order chi connectivity index (χ0) is 12.3. The Balaban J connectivity index is 1.82. The fraction of sp³-hybridized carbons (Fsp3) is 0.750. The fourth-order valence-corrected chi connectivity index (χ4v) is 2.19. The molecule has 0 spiro atoms. The monoisotopic (exact) mass is 238 g/mol. The summed E-state index contributed by atoms with van der Waals surface area (Å²) in [6, 6.07) is 0. The summed E-state index contributed by atoms with van der Waals surface area (Å²) in [5, 5.41) is 13.8. The van der Waals surface area contributed by atoms with Gasteiger partial charge >= 0.3 is 0 Å². The van der Waals surface area contributed by atoms with Gasteiger partial charge in [-0.15, -0.1) is 0 Å². The number of aryl methyl sites for hydroxylation is 1. The van der Waals surface area contributed by atoms with Gasteiger partial charge in [-0.25, -0.2) is 0 Å². The highest BCUT2D eigenvalue weighted by molar-refractivity contribution is 5.42. The normalized spacial score (nSPS) is 19.6. The van der Waals surface area contributed by atoms with Gasteiger partial charge in [0.05, 0.1) is 18.0 Å². The molecule has 2 heterocycles. The van der Waals surface area contributed by atoms with E-state index < -0.39 is 0 Å². The van der Waals surface area contributed by atoms with Gasteiger partial charge in [-0.1, -0.05) is 6.92 Å². The molecule has 2 rings (SSSR count). The van der Waals surface area contributed by atoms with Crippen molar-refractivity contribution in [1.29, 1.82) is 0 Å². The van der Waals surface area contributed by atoms with Crippen LogP contribution in [0.2, 0.25) is 0 Å². The molecular weight excluding hydrogens is 216 g/mol. The Morgan fingerprint density at radius 1 is 1.35 bits per heavy atom. The van der Waals surface area contributed by atoms with Crippen LogP contribution in [0.25, 0.3) is 0 Å². The molecule has 0 bridgehead atoms. The van der Waals surface area contributed by atoms with Crippen molar-refractivity contribution in [2.75, 3.05) is 37.6 Å². The number of aromatic nitrogens is 2. The molecule has 0 aliphatic carbocycles. The van der Waals surface area contributed by atoms with E-state index in [1.54, 1.807) is 0 Å². The molecule has 0 amide bonds. The number of anilines is 1. The largest absolute Gasteiger partial charge is 0.392 e.